The van der Waals surface area contributed by atoms with Gasteiger partial charge in [0.25, 0.3) is 5.91 Å². The van der Waals surface area contributed by atoms with Gasteiger partial charge in [0.2, 0.25) is 0 Å². The molecule has 4 nitrogen and oxygen atoms in total. The zero-order chi connectivity index (χ0) is 14.6. The molecule has 0 heterocycles. The molecule has 0 bridgehead atoms. The Hall–Kier alpha value is -1.55. The van der Waals surface area contributed by atoms with E-state index in [4.69, 9.17) is 0 Å². The van der Waals surface area contributed by atoms with Crippen LogP contribution >= 0.6 is 0 Å². The van der Waals surface area contributed by atoms with Crippen LogP contribution in [-0.4, -0.2) is 29.3 Å². The van der Waals surface area contributed by atoms with E-state index in [1.165, 1.54) is 12.5 Å². The molecule has 1 fully saturated rings. The van der Waals surface area contributed by atoms with Crippen LogP contribution in [0.5, 0.6) is 5.75 Å². The topological polar surface area (TPSA) is 69.6 Å². The summed E-state index contributed by atoms with van der Waals surface area (Å²) < 4.78 is 0. The van der Waals surface area contributed by atoms with Gasteiger partial charge in [-0.25, -0.2) is 0 Å². The highest BCUT2D eigenvalue weighted by Gasteiger charge is 2.31. The number of phenols is 1. The van der Waals surface area contributed by atoms with Gasteiger partial charge in [0.1, 0.15) is 5.75 Å². The number of hydrogen-bond acceptors (Lipinski definition) is 3. The van der Waals surface area contributed by atoms with Crippen LogP contribution in [0.2, 0.25) is 0 Å². The van der Waals surface area contributed by atoms with Crippen LogP contribution in [0.15, 0.2) is 18.2 Å². The summed E-state index contributed by atoms with van der Waals surface area (Å²) in [6, 6.07) is 4.83. The van der Waals surface area contributed by atoms with E-state index in [1.807, 2.05) is 0 Å². The van der Waals surface area contributed by atoms with Crippen molar-refractivity contribution in [3.63, 3.8) is 0 Å². The number of aryl methyl sites for hydroxylation is 1. The molecule has 0 aromatic heterocycles. The summed E-state index contributed by atoms with van der Waals surface area (Å²) >= 11 is 0. The molecule has 3 N–H and O–H groups in total. The molecule has 1 aliphatic carbocycles. The zero-order valence-corrected chi connectivity index (χ0v) is 12.0. The van der Waals surface area contributed by atoms with Gasteiger partial charge in [-0.15, -0.1) is 0 Å². The number of rotatable bonds is 4. The van der Waals surface area contributed by atoms with Gasteiger partial charge < -0.3 is 15.5 Å². The number of aromatic hydroxyl groups is 1. The highest BCUT2D eigenvalue weighted by Crippen LogP contribution is 2.35. The summed E-state index contributed by atoms with van der Waals surface area (Å²) in [6.45, 7) is 2.41. The van der Waals surface area contributed by atoms with Gasteiger partial charge >= 0.3 is 0 Å². The Morgan fingerprint density at radius 3 is 2.60 bits per heavy atom. The van der Waals surface area contributed by atoms with E-state index < -0.39 is 0 Å². The lowest BCUT2D eigenvalue weighted by molar-refractivity contribution is 0.0718. The molecule has 0 aliphatic heterocycles. The molecule has 20 heavy (non-hydrogen) atoms. The standard InChI is InChI=1S/C16H23NO3/c1-12-9-13(5-6-14(12)19)15(20)17-10-16(11-18)7-3-2-4-8-16/h5-6,9,18-19H,2-4,7-8,10-11H2,1H3,(H,17,20). The Kier molecular flexibility index (Phi) is 4.65. The largest absolute Gasteiger partial charge is 0.508 e. The molecule has 110 valence electrons. The first kappa shape index (κ1) is 14.9. The summed E-state index contributed by atoms with van der Waals surface area (Å²) in [5.74, 6) is 0.0483. The lowest BCUT2D eigenvalue weighted by Crippen LogP contribution is -2.41. The zero-order valence-electron chi connectivity index (χ0n) is 12.0. The van der Waals surface area contributed by atoms with Crippen LogP contribution in [0.1, 0.15) is 48.0 Å². The lowest BCUT2D eigenvalue weighted by atomic mass is 9.74. The predicted molar refractivity (Wildman–Crippen MR) is 77.8 cm³/mol. The second kappa shape index (κ2) is 6.27. The van der Waals surface area contributed by atoms with Crippen molar-refractivity contribution in [1.82, 2.24) is 5.32 Å². The maximum atomic E-state index is 12.1. The average Bonchev–Trinajstić information content (AvgIpc) is 2.48. The molecule has 0 unspecified atom stereocenters. The van der Waals surface area contributed by atoms with Crippen LogP contribution in [0.4, 0.5) is 0 Å². The first-order valence-electron chi connectivity index (χ1n) is 7.25. The summed E-state index contributed by atoms with van der Waals surface area (Å²) in [7, 11) is 0. The number of hydrogen-bond donors (Lipinski definition) is 3. The Morgan fingerprint density at radius 2 is 2.00 bits per heavy atom. The van der Waals surface area contributed by atoms with Crippen LogP contribution in [-0.2, 0) is 0 Å². The van der Waals surface area contributed by atoms with Gasteiger partial charge in [-0.1, -0.05) is 19.3 Å². The molecule has 4 heteroatoms. The number of aliphatic hydroxyl groups is 1. The van der Waals surface area contributed by atoms with Crippen molar-refractivity contribution in [2.24, 2.45) is 5.41 Å². The molecule has 0 spiro atoms. The number of aliphatic hydroxyl groups excluding tert-OH is 1. The smallest absolute Gasteiger partial charge is 0.251 e. The summed E-state index contributed by atoms with van der Waals surface area (Å²) in [5, 5.41) is 22.0. The fraction of sp³-hybridized carbons (Fsp3) is 0.562. The highest BCUT2D eigenvalue weighted by atomic mass is 16.3. The van der Waals surface area contributed by atoms with E-state index in [-0.39, 0.29) is 23.7 Å². The quantitative estimate of drug-likeness (QED) is 0.791. The first-order chi connectivity index (χ1) is 9.56. The van der Waals surface area contributed by atoms with Crippen molar-refractivity contribution in [3.05, 3.63) is 29.3 Å². The van der Waals surface area contributed by atoms with Gasteiger partial charge in [-0.05, 0) is 43.5 Å². The third kappa shape index (κ3) is 3.31. The van der Waals surface area contributed by atoms with E-state index in [9.17, 15) is 15.0 Å². The maximum absolute atomic E-state index is 12.1. The molecule has 1 amide bonds. The van der Waals surface area contributed by atoms with Crippen molar-refractivity contribution in [2.75, 3.05) is 13.2 Å². The van der Waals surface area contributed by atoms with Crippen molar-refractivity contribution < 1.29 is 15.0 Å². The minimum absolute atomic E-state index is 0.127. The van der Waals surface area contributed by atoms with E-state index in [1.54, 1.807) is 19.1 Å². The molecule has 2 rings (SSSR count). The van der Waals surface area contributed by atoms with Crippen LogP contribution < -0.4 is 5.32 Å². The van der Waals surface area contributed by atoms with Crippen molar-refractivity contribution in [3.8, 4) is 5.75 Å². The van der Waals surface area contributed by atoms with Crippen LogP contribution in [0.3, 0.4) is 0 Å². The predicted octanol–water partition coefficient (Wildman–Crippen LogP) is 2.37. The van der Waals surface area contributed by atoms with Crippen molar-refractivity contribution >= 4 is 5.91 Å². The number of phenolic OH excluding ortho intramolecular Hbond substituents is 1. The van der Waals surface area contributed by atoms with Crippen molar-refractivity contribution in [1.29, 1.82) is 0 Å². The molecule has 0 radical (unpaired) electrons. The van der Waals surface area contributed by atoms with Gasteiger partial charge in [-0.2, -0.15) is 0 Å². The average molecular weight is 277 g/mol. The fourth-order valence-corrected chi connectivity index (χ4v) is 2.86. The Bertz CT molecular complexity index is 479. The third-order valence-corrected chi connectivity index (χ3v) is 4.33. The maximum Gasteiger partial charge on any atom is 0.251 e. The number of benzene rings is 1. The second-order valence-corrected chi connectivity index (χ2v) is 5.90. The molecular weight excluding hydrogens is 254 g/mol. The minimum atomic E-state index is -0.153. The van der Waals surface area contributed by atoms with Crippen LogP contribution in [0.25, 0.3) is 0 Å². The summed E-state index contributed by atoms with van der Waals surface area (Å²) in [4.78, 5) is 12.1. The number of carbonyl (C=O) groups is 1. The molecule has 1 aliphatic rings. The van der Waals surface area contributed by atoms with Crippen LogP contribution in [0, 0.1) is 12.3 Å². The SMILES string of the molecule is Cc1cc(C(=O)NCC2(CO)CCCCC2)ccc1O. The third-order valence-electron chi connectivity index (χ3n) is 4.33. The Labute approximate surface area is 119 Å². The summed E-state index contributed by atoms with van der Waals surface area (Å²) in [6.07, 6.45) is 5.40. The van der Waals surface area contributed by atoms with Crippen molar-refractivity contribution in [2.45, 2.75) is 39.0 Å². The molecule has 1 saturated carbocycles. The number of amides is 1. The van der Waals surface area contributed by atoms with E-state index in [0.29, 0.717) is 17.7 Å². The highest BCUT2D eigenvalue weighted by molar-refractivity contribution is 5.94. The van der Waals surface area contributed by atoms with Gasteiger partial charge in [-0.3, -0.25) is 4.79 Å². The summed E-state index contributed by atoms with van der Waals surface area (Å²) in [5.41, 5.74) is 1.08. The number of nitrogens with one attached hydrogen (secondary N) is 1. The second-order valence-electron chi connectivity index (χ2n) is 5.90. The Balaban J connectivity index is 1.98. The fourth-order valence-electron chi connectivity index (χ4n) is 2.86. The molecule has 0 saturated heterocycles. The number of carbonyl (C=O) groups excluding carboxylic acids is 1. The molecule has 1 aromatic carbocycles. The van der Waals surface area contributed by atoms with Gasteiger partial charge in [0.05, 0.1) is 6.61 Å². The monoisotopic (exact) mass is 277 g/mol. The van der Waals surface area contributed by atoms with Gasteiger partial charge in [0, 0.05) is 17.5 Å². The molecule has 0 atom stereocenters. The van der Waals surface area contributed by atoms with E-state index >= 15 is 0 Å². The normalized spacial score (nSPS) is 17.7. The van der Waals surface area contributed by atoms with Gasteiger partial charge in [0.15, 0.2) is 0 Å². The minimum Gasteiger partial charge on any atom is -0.508 e. The van der Waals surface area contributed by atoms with E-state index in [0.717, 1.165) is 25.7 Å². The molecule has 1 aromatic rings. The first-order valence-corrected chi connectivity index (χ1v) is 7.25. The van der Waals surface area contributed by atoms with E-state index in [2.05, 4.69) is 5.32 Å². The lowest BCUT2D eigenvalue weighted by Gasteiger charge is -2.35. The Morgan fingerprint density at radius 1 is 1.30 bits per heavy atom. The molecular formula is C16H23NO3.